The summed E-state index contributed by atoms with van der Waals surface area (Å²) in [5.41, 5.74) is 1.83. The smallest absolute Gasteiger partial charge is 0.148 e. The van der Waals surface area contributed by atoms with Crippen molar-refractivity contribution in [3.05, 3.63) is 35.1 Å². The van der Waals surface area contributed by atoms with Crippen molar-refractivity contribution in [1.82, 2.24) is 5.43 Å². The van der Waals surface area contributed by atoms with Gasteiger partial charge in [-0.25, -0.2) is 19.0 Å². The van der Waals surface area contributed by atoms with Gasteiger partial charge in [0.25, 0.3) is 0 Å². The van der Waals surface area contributed by atoms with Crippen molar-refractivity contribution in [3.63, 3.8) is 0 Å². The molecule has 1 aliphatic rings. The topological polar surface area (TPSA) is 50.4 Å². The van der Waals surface area contributed by atoms with Crippen LogP contribution in [0.1, 0.15) is 44.1 Å². The summed E-state index contributed by atoms with van der Waals surface area (Å²) < 4.78 is 40.4. The van der Waals surface area contributed by atoms with Crippen LogP contribution in [0.2, 0.25) is 0 Å². The van der Waals surface area contributed by atoms with E-state index in [1.165, 1.54) is 0 Å². The molecule has 0 aromatic heterocycles. The first kappa shape index (κ1) is 14.8. The molecule has 0 unspecified atom stereocenters. The molecule has 20 heavy (non-hydrogen) atoms. The third kappa shape index (κ3) is 3.50. The van der Waals surface area contributed by atoms with Crippen molar-refractivity contribution < 1.29 is 13.2 Å². The van der Waals surface area contributed by atoms with Gasteiger partial charge in [-0.1, -0.05) is 25.7 Å². The Morgan fingerprint density at radius 3 is 2.10 bits per heavy atom. The highest BCUT2D eigenvalue weighted by Crippen LogP contribution is 2.21. The molecule has 0 radical (unpaired) electrons. The summed E-state index contributed by atoms with van der Waals surface area (Å²) in [5.74, 6) is 2.29. The zero-order valence-electron chi connectivity index (χ0n) is 11.1. The average molecular weight is 285 g/mol. The number of nitrogens with one attached hydrogen (secondary N) is 1. The number of benzene rings is 1. The van der Waals surface area contributed by atoms with Gasteiger partial charge in [0.2, 0.25) is 0 Å². The number of hydrazine groups is 1. The van der Waals surface area contributed by atoms with Crippen molar-refractivity contribution in [3.8, 4) is 0 Å². The van der Waals surface area contributed by atoms with E-state index in [0.29, 0.717) is 12.1 Å². The maximum atomic E-state index is 13.7. The second-order valence-corrected chi connectivity index (χ2v) is 5.01. The third-order valence-corrected chi connectivity index (χ3v) is 3.52. The second kappa shape index (κ2) is 6.74. The fraction of sp³-hybridized carbons (Fsp3) is 0.500. The van der Waals surface area contributed by atoms with Gasteiger partial charge in [-0.15, -0.1) is 0 Å². The molecule has 0 atom stereocenters. The second-order valence-electron chi connectivity index (χ2n) is 5.01. The van der Waals surface area contributed by atoms with E-state index in [9.17, 15) is 13.2 Å². The number of rotatable bonds is 2. The van der Waals surface area contributed by atoms with Gasteiger partial charge in [0.15, 0.2) is 0 Å². The number of hydrogen-bond donors (Lipinski definition) is 2. The summed E-state index contributed by atoms with van der Waals surface area (Å²) >= 11 is 0. The summed E-state index contributed by atoms with van der Waals surface area (Å²) in [4.78, 5) is 4.31. The molecule has 1 aromatic rings. The molecule has 0 amide bonds. The Labute approximate surface area is 116 Å². The number of amidine groups is 1. The summed E-state index contributed by atoms with van der Waals surface area (Å²) in [7, 11) is 0. The molecule has 0 spiro atoms. The minimum absolute atomic E-state index is 0.00703. The molecule has 0 saturated heterocycles. The van der Waals surface area contributed by atoms with Gasteiger partial charge in [0, 0.05) is 12.1 Å². The van der Waals surface area contributed by atoms with E-state index < -0.39 is 23.0 Å². The monoisotopic (exact) mass is 285 g/mol. The molecule has 1 saturated carbocycles. The van der Waals surface area contributed by atoms with E-state index in [2.05, 4.69) is 10.4 Å². The standard InChI is InChI=1S/C14H18F3N3/c15-9-7-11(16)13(12(17)8-9)14(20-18)19-10-5-3-1-2-4-6-10/h7-8,10H,1-6,18H2,(H,19,20). The molecular weight excluding hydrogens is 267 g/mol. The van der Waals surface area contributed by atoms with Crippen molar-refractivity contribution in [2.24, 2.45) is 10.8 Å². The van der Waals surface area contributed by atoms with E-state index in [1.807, 2.05) is 0 Å². The van der Waals surface area contributed by atoms with Crippen LogP contribution in [-0.2, 0) is 0 Å². The van der Waals surface area contributed by atoms with Gasteiger partial charge >= 0.3 is 0 Å². The summed E-state index contributed by atoms with van der Waals surface area (Å²) in [5, 5.41) is 0. The Kier molecular flexibility index (Phi) is 5.00. The molecular formula is C14H18F3N3. The van der Waals surface area contributed by atoms with Gasteiger partial charge in [0.05, 0.1) is 11.6 Å². The lowest BCUT2D eigenvalue weighted by Gasteiger charge is -2.14. The predicted molar refractivity (Wildman–Crippen MR) is 71.7 cm³/mol. The quantitative estimate of drug-likeness (QED) is 0.288. The lowest BCUT2D eigenvalue weighted by atomic mass is 10.1. The third-order valence-electron chi connectivity index (χ3n) is 3.52. The lowest BCUT2D eigenvalue weighted by Crippen LogP contribution is -2.34. The Balaban J connectivity index is 2.31. The highest BCUT2D eigenvalue weighted by molar-refractivity contribution is 5.99. The van der Waals surface area contributed by atoms with Gasteiger partial charge < -0.3 is 5.43 Å². The van der Waals surface area contributed by atoms with Crippen LogP contribution in [0.25, 0.3) is 0 Å². The largest absolute Gasteiger partial charge is 0.308 e. The molecule has 0 aliphatic heterocycles. The first-order valence-electron chi connectivity index (χ1n) is 6.81. The van der Waals surface area contributed by atoms with Crippen LogP contribution in [0.15, 0.2) is 17.1 Å². The Bertz CT molecular complexity index is 471. The van der Waals surface area contributed by atoms with E-state index in [4.69, 9.17) is 5.84 Å². The average Bonchev–Trinajstić information content (AvgIpc) is 2.65. The lowest BCUT2D eigenvalue weighted by molar-refractivity contribution is 0.537. The molecule has 3 N–H and O–H groups in total. The van der Waals surface area contributed by atoms with Crippen LogP contribution in [0.3, 0.4) is 0 Å². The molecule has 1 aromatic carbocycles. The number of halogens is 3. The van der Waals surface area contributed by atoms with Gasteiger partial charge in [-0.2, -0.15) is 0 Å². The number of hydrogen-bond acceptors (Lipinski definition) is 2. The van der Waals surface area contributed by atoms with Crippen LogP contribution < -0.4 is 11.3 Å². The van der Waals surface area contributed by atoms with Crippen LogP contribution in [0.5, 0.6) is 0 Å². The number of aliphatic imine (C=N–C) groups is 1. The molecule has 1 fully saturated rings. The van der Waals surface area contributed by atoms with Crippen molar-refractivity contribution >= 4 is 5.84 Å². The van der Waals surface area contributed by atoms with E-state index in [0.717, 1.165) is 38.5 Å². The Hall–Kier alpha value is -1.56. The van der Waals surface area contributed by atoms with Gasteiger partial charge in [-0.3, -0.25) is 4.99 Å². The number of nitrogens with zero attached hydrogens (tertiary/aromatic N) is 1. The SMILES string of the molecule is NNC(=NC1CCCCCC1)c1c(F)cc(F)cc1F. The van der Waals surface area contributed by atoms with Crippen molar-refractivity contribution in [1.29, 1.82) is 0 Å². The maximum absolute atomic E-state index is 13.7. The van der Waals surface area contributed by atoms with Gasteiger partial charge in [0.1, 0.15) is 23.3 Å². The minimum Gasteiger partial charge on any atom is -0.308 e. The summed E-state index contributed by atoms with van der Waals surface area (Å²) in [6, 6.07) is 1.24. The fourth-order valence-corrected chi connectivity index (χ4v) is 2.51. The molecule has 3 nitrogen and oxygen atoms in total. The number of nitrogens with two attached hydrogens (primary N) is 1. The van der Waals surface area contributed by atoms with Crippen molar-refractivity contribution in [2.45, 2.75) is 44.6 Å². The van der Waals surface area contributed by atoms with E-state index in [-0.39, 0.29) is 11.9 Å². The van der Waals surface area contributed by atoms with Crippen LogP contribution >= 0.6 is 0 Å². The zero-order chi connectivity index (χ0) is 14.5. The van der Waals surface area contributed by atoms with Gasteiger partial charge in [-0.05, 0) is 12.8 Å². The summed E-state index contributed by atoms with van der Waals surface area (Å²) in [6.45, 7) is 0. The molecule has 0 bridgehead atoms. The highest BCUT2D eigenvalue weighted by Gasteiger charge is 2.19. The summed E-state index contributed by atoms with van der Waals surface area (Å²) in [6.07, 6.45) is 6.12. The highest BCUT2D eigenvalue weighted by atomic mass is 19.1. The van der Waals surface area contributed by atoms with Crippen molar-refractivity contribution in [2.75, 3.05) is 0 Å². The predicted octanol–water partition coefficient (Wildman–Crippen LogP) is 3.04. The van der Waals surface area contributed by atoms with Crippen LogP contribution in [0, 0.1) is 17.5 Å². The van der Waals surface area contributed by atoms with Crippen LogP contribution in [-0.4, -0.2) is 11.9 Å². The zero-order valence-corrected chi connectivity index (χ0v) is 11.1. The molecule has 2 rings (SSSR count). The molecule has 0 heterocycles. The minimum atomic E-state index is -1.01. The molecule has 1 aliphatic carbocycles. The normalized spacial score (nSPS) is 17.9. The molecule has 110 valence electrons. The maximum Gasteiger partial charge on any atom is 0.148 e. The van der Waals surface area contributed by atoms with Crippen LogP contribution in [0.4, 0.5) is 13.2 Å². The van der Waals surface area contributed by atoms with E-state index in [1.54, 1.807) is 0 Å². The van der Waals surface area contributed by atoms with E-state index >= 15 is 0 Å². The first-order chi connectivity index (χ1) is 9.61. The molecule has 6 heteroatoms. The fourth-order valence-electron chi connectivity index (χ4n) is 2.51. The Morgan fingerprint density at radius 1 is 1.05 bits per heavy atom. The first-order valence-corrected chi connectivity index (χ1v) is 6.81. The Morgan fingerprint density at radius 2 is 1.60 bits per heavy atom.